The summed E-state index contributed by atoms with van der Waals surface area (Å²) in [5.41, 5.74) is 3.62. The highest BCUT2D eigenvalue weighted by Crippen LogP contribution is 2.23. The predicted octanol–water partition coefficient (Wildman–Crippen LogP) is 3.01. The first-order valence-electron chi connectivity index (χ1n) is 7.23. The van der Waals surface area contributed by atoms with E-state index in [2.05, 4.69) is 40.2 Å². The average Bonchev–Trinajstić information content (AvgIpc) is 2.54. The van der Waals surface area contributed by atoms with Crippen LogP contribution < -0.4 is 10.6 Å². The van der Waals surface area contributed by atoms with E-state index in [0.29, 0.717) is 18.2 Å². The smallest absolute Gasteiger partial charge is 0.270 e. The predicted molar refractivity (Wildman–Crippen MR) is 88.4 cm³/mol. The maximum absolute atomic E-state index is 11.9. The number of hydrogen-bond acceptors (Lipinski definition) is 4. The van der Waals surface area contributed by atoms with Crippen LogP contribution in [-0.4, -0.2) is 22.4 Å². The monoisotopic (exact) mass is 296 g/mol. The number of aryl methyl sites for hydroxylation is 2. The molecular formula is C17H20N4O. The molecule has 2 N–H and O–H groups in total. The lowest BCUT2D eigenvalue weighted by atomic mass is 10.1. The van der Waals surface area contributed by atoms with E-state index >= 15 is 0 Å². The molecule has 0 aliphatic heterocycles. The zero-order valence-corrected chi connectivity index (χ0v) is 12.9. The number of rotatable bonds is 6. The molecule has 2 rings (SSSR count). The van der Waals surface area contributed by atoms with Crippen molar-refractivity contribution in [2.75, 3.05) is 11.9 Å². The van der Waals surface area contributed by atoms with Gasteiger partial charge in [0.2, 0.25) is 5.95 Å². The molecule has 1 amide bonds. The maximum atomic E-state index is 11.9. The lowest BCUT2D eigenvalue weighted by Gasteiger charge is -2.13. The summed E-state index contributed by atoms with van der Waals surface area (Å²) >= 11 is 0. The Balaban J connectivity index is 2.24. The molecule has 2 aromatic rings. The Kier molecular flexibility index (Phi) is 5.25. The summed E-state index contributed by atoms with van der Waals surface area (Å²) in [6.07, 6.45) is 4.10. The quantitative estimate of drug-likeness (QED) is 0.804. The topological polar surface area (TPSA) is 66.9 Å². The average molecular weight is 296 g/mol. The third-order valence-electron chi connectivity index (χ3n) is 3.27. The normalized spacial score (nSPS) is 10.1. The van der Waals surface area contributed by atoms with Crippen molar-refractivity contribution in [1.29, 1.82) is 0 Å². The van der Waals surface area contributed by atoms with Crippen molar-refractivity contribution in [2.24, 2.45) is 0 Å². The van der Waals surface area contributed by atoms with Crippen molar-refractivity contribution < 1.29 is 4.79 Å². The van der Waals surface area contributed by atoms with Gasteiger partial charge in [-0.05, 0) is 30.5 Å². The zero-order valence-electron chi connectivity index (χ0n) is 12.9. The van der Waals surface area contributed by atoms with Crippen molar-refractivity contribution in [3.05, 3.63) is 59.9 Å². The van der Waals surface area contributed by atoms with Crippen LogP contribution in [0, 0.1) is 6.92 Å². The molecule has 1 heterocycles. The first-order valence-corrected chi connectivity index (χ1v) is 7.23. The van der Waals surface area contributed by atoms with E-state index in [9.17, 15) is 4.79 Å². The fourth-order valence-electron chi connectivity index (χ4n) is 2.11. The number of nitrogens with one attached hydrogen (secondary N) is 2. The lowest BCUT2D eigenvalue weighted by molar-refractivity contribution is 0.0953. The SMILES string of the molecule is C=CCNC(=O)c1ccnc(Nc2c(C)cccc2CC)n1. The lowest BCUT2D eigenvalue weighted by Crippen LogP contribution is -2.24. The Morgan fingerprint density at radius 2 is 2.18 bits per heavy atom. The minimum Gasteiger partial charge on any atom is -0.347 e. The van der Waals surface area contributed by atoms with Gasteiger partial charge in [0.1, 0.15) is 5.69 Å². The van der Waals surface area contributed by atoms with Crippen LogP contribution in [0.5, 0.6) is 0 Å². The summed E-state index contributed by atoms with van der Waals surface area (Å²) in [5.74, 6) is 0.168. The molecule has 22 heavy (non-hydrogen) atoms. The second kappa shape index (κ2) is 7.36. The van der Waals surface area contributed by atoms with Gasteiger partial charge in [-0.1, -0.05) is 31.2 Å². The van der Waals surface area contributed by atoms with Crippen LogP contribution in [0.15, 0.2) is 43.1 Å². The Labute approximate surface area is 130 Å². The third-order valence-corrected chi connectivity index (χ3v) is 3.27. The molecular weight excluding hydrogens is 276 g/mol. The number of anilines is 2. The Morgan fingerprint density at radius 3 is 2.91 bits per heavy atom. The fraction of sp³-hybridized carbons (Fsp3) is 0.235. The number of carbonyl (C=O) groups excluding carboxylic acids is 1. The van der Waals surface area contributed by atoms with E-state index in [0.717, 1.165) is 17.7 Å². The Hall–Kier alpha value is -2.69. The molecule has 114 valence electrons. The fourth-order valence-corrected chi connectivity index (χ4v) is 2.11. The van der Waals surface area contributed by atoms with E-state index in [1.165, 1.54) is 5.56 Å². The van der Waals surface area contributed by atoms with Gasteiger partial charge >= 0.3 is 0 Å². The number of nitrogens with zero attached hydrogens (tertiary/aromatic N) is 2. The molecule has 1 aromatic heterocycles. The van der Waals surface area contributed by atoms with Gasteiger partial charge in [0, 0.05) is 18.4 Å². The molecule has 5 heteroatoms. The molecule has 0 bridgehead atoms. The van der Waals surface area contributed by atoms with Crippen LogP contribution in [0.1, 0.15) is 28.5 Å². The van der Waals surface area contributed by atoms with Crippen LogP contribution in [0.25, 0.3) is 0 Å². The number of para-hydroxylation sites is 1. The largest absolute Gasteiger partial charge is 0.347 e. The summed E-state index contributed by atoms with van der Waals surface area (Å²) in [6.45, 7) is 8.10. The minimum absolute atomic E-state index is 0.245. The summed E-state index contributed by atoms with van der Waals surface area (Å²) in [7, 11) is 0. The first-order chi connectivity index (χ1) is 10.7. The first kappa shape index (κ1) is 15.7. The van der Waals surface area contributed by atoms with Gasteiger partial charge in [-0.3, -0.25) is 4.79 Å². The number of carbonyl (C=O) groups is 1. The van der Waals surface area contributed by atoms with Crippen molar-refractivity contribution in [3.63, 3.8) is 0 Å². The minimum atomic E-state index is -0.245. The molecule has 0 saturated heterocycles. The van der Waals surface area contributed by atoms with Gasteiger partial charge in [-0.2, -0.15) is 0 Å². The molecule has 1 aromatic carbocycles. The van der Waals surface area contributed by atoms with Crippen LogP contribution in [0.3, 0.4) is 0 Å². The standard InChI is InChI=1S/C17H20N4O/c1-4-10-18-16(22)14-9-11-19-17(20-14)21-15-12(3)7-6-8-13(15)5-2/h4,6-9,11H,1,5,10H2,2-3H3,(H,18,22)(H,19,20,21). The van der Waals surface area contributed by atoms with Gasteiger partial charge in [0.25, 0.3) is 5.91 Å². The molecule has 0 radical (unpaired) electrons. The number of aromatic nitrogens is 2. The maximum Gasteiger partial charge on any atom is 0.270 e. The molecule has 5 nitrogen and oxygen atoms in total. The van der Waals surface area contributed by atoms with Crippen LogP contribution in [-0.2, 0) is 6.42 Å². The van der Waals surface area contributed by atoms with E-state index in [-0.39, 0.29) is 5.91 Å². The van der Waals surface area contributed by atoms with Crippen molar-refractivity contribution in [2.45, 2.75) is 20.3 Å². The molecule has 0 aliphatic carbocycles. The van der Waals surface area contributed by atoms with Crippen molar-refractivity contribution >= 4 is 17.5 Å². The molecule has 0 fully saturated rings. The Morgan fingerprint density at radius 1 is 1.36 bits per heavy atom. The van der Waals surface area contributed by atoms with Gasteiger partial charge in [0.15, 0.2) is 0 Å². The van der Waals surface area contributed by atoms with Crippen molar-refractivity contribution in [3.8, 4) is 0 Å². The highest BCUT2D eigenvalue weighted by Gasteiger charge is 2.10. The van der Waals surface area contributed by atoms with Crippen LogP contribution in [0.2, 0.25) is 0 Å². The molecule has 0 saturated carbocycles. The Bertz CT molecular complexity index is 682. The highest BCUT2D eigenvalue weighted by atomic mass is 16.1. The number of amides is 1. The number of benzene rings is 1. The van der Waals surface area contributed by atoms with Crippen molar-refractivity contribution in [1.82, 2.24) is 15.3 Å². The second-order valence-corrected chi connectivity index (χ2v) is 4.85. The van der Waals surface area contributed by atoms with E-state index in [4.69, 9.17) is 0 Å². The molecule has 0 spiro atoms. The van der Waals surface area contributed by atoms with Gasteiger partial charge in [0.05, 0.1) is 0 Å². The highest BCUT2D eigenvalue weighted by molar-refractivity contribution is 5.92. The summed E-state index contributed by atoms with van der Waals surface area (Å²) in [4.78, 5) is 20.4. The van der Waals surface area contributed by atoms with E-state index in [1.54, 1.807) is 18.3 Å². The van der Waals surface area contributed by atoms with Gasteiger partial charge in [-0.15, -0.1) is 6.58 Å². The molecule has 0 unspecified atom stereocenters. The van der Waals surface area contributed by atoms with E-state index < -0.39 is 0 Å². The van der Waals surface area contributed by atoms with Crippen LogP contribution in [0.4, 0.5) is 11.6 Å². The summed E-state index contributed by atoms with van der Waals surface area (Å²) in [5, 5.41) is 5.92. The number of hydrogen-bond donors (Lipinski definition) is 2. The van der Waals surface area contributed by atoms with E-state index in [1.807, 2.05) is 19.1 Å². The summed E-state index contributed by atoms with van der Waals surface area (Å²) in [6, 6.07) is 7.71. The van der Waals surface area contributed by atoms with Gasteiger partial charge in [-0.25, -0.2) is 9.97 Å². The molecule has 0 aliphatic rings. The summed E-state index contributed by atoms with van der Waals surface area (Å²) < 4.78 is 0. The second-order valence-electron chi connectivity index (χ2n) is 4.85. The zero-order chi connectivity index (χ0) is 15.9. The third kappa shape index (κ3) is 3.69. The molecule has 0 atom stereocenters. The van der Waals surface area contributed by atoms with Crippen LogP contribution >= 0.6 is 0 Å². The van der Waals surface area contributed by atoms with Gasteiger partial charge < -0.3 is 10.6 Å².